The van der Waals surface area contributed by atoms with Crippen LogP contribution in [-0.4, -0.2) is 55.7 Å². The zero-order valence-corrected chi connectivity index (χ0v) is 22.7. The van der Waals surface area contributed by atoms with E-state index in [-0.39, 0.29) is 17.3 Å². The number of hydrogen-bond donors (Lipinski definition) is 3. The fraction of sp³-hybridized carbons (Fsp3) is 0.385. The second-order valence-corrected chi connectivity index (χ2v) is 11.3. The molecule has 2 unspecified atom stereocenters. The zero-order valence-electron chi connectivity index (χ0n) is 21.9. The number of anilines is 4. The highest BCUT2D eigenvalue weighted by Gasteiger charge is 2.40. The van der Waals surface area contributed by atoms with E-state index in [1.54, 1.807) is 19.2 Å². The number of nitrogens with one attached hydrogen (secondary N) is 3. The van der Waals surface area contributed by atoms with E-state index < -0.39 is 28.0 Å². The maximum Gasteiger partial charge on any atom is 0.275 e. The molecule has 2 aromatic carbocycles. The van der Waals surface area contributed by atoms with Crippen LogP contribution >= 0.6 is 0 Å². The van der Waals surface area contributed by atoms with Crippen LogP contribution < -0.4 is 20.7 Å². The fourth-order valence-electron chi connectivity index (χ4n) is 4.64. The van der Waals surface area contributed by atoms with Crippen molar-refractivity contribution in [2.24, 2.45) is 0 Å². The first-order chi connectivity index (χ1) is 17.9. The molecule has 12 heteroatoms. The number of sulfonamides is 1. The Bertz CT molecular complexity index is 1410. The quantitative estimate of drug-likeness (QED) is 0.335. The molecule has 0 fully saturated rings. The number of benzene rings is 2. The zero-order chi connectivity index (χ0) is 27.7. The number of alkyl halides is 2. The van der Waals surface area contributed by atoms with Crippen molar-refractivity contribution in [3.8, 4) is 5.75 Å². The summed E-state index contributed by atoms with van der Waals surface area (Å²) >= 11 is 0. The lowest BCUT2D eigenvalue weighted by molar-refractivity contribution is 0.0175. The molecular formula is C26H32F2N6O3S. The molecule has 2 atom stereocenters. The highest BCUT2D eigenvalue weighted by molar-refractivity contribution is 7.88. The van der Waals surface area contributed by atoms with Crippen molar-refractivity contribution in [1.29, 1.82) is 0 Å². The highest BCUT2D eigenvalue weighted by atomic mass is 32.2. The molecule has 0 aliphatic heterocycles. The van der Waals surface area contributed by atoms with E-state index in [1.807, 2.05) is 37.3 Å². The van der Waals surface area contributed by atoms with Crippen molar-refractivity contribution in [2.45, 2.75) is 38.3 Å². The number of fused-ring (bicyclic) bond motifs is 1. The van der Waals surface area contributed by atoms with Gasteiger partial charge in [0.1, 0.15) is 11.6 Å². The minimum absolute atomic E-state index is 0.0732. The van der Waals surface area contributed by atoms with Gasteiger partial charge in [-0.15, -0.1) is 0 Å². The van der Waals surface area contributed by atoms with Crippen LogP contribution in [0.2, 0.25) is 0 Å². The van der Waals surface area contributed by atoms with Crippen molar-refractivity contribution in [2.75, 3.05) is 42.9 Å². The van der Waals surface area contributed by atoms with Gasteiger partial charge in [-0.1, -0.05) is 24.3 Å². The smallest absolute Gasteiger partial charge is 0.275 e. The van der Waals surface area contributed by atoms with E-state index in [2.05, 4.69) is 25.9 Å². The number of rotatable bonds is 10. The maximum absolute atomic E-state index is 14.6. The predicted octanol–water partition coefficient (Wildman–Crippen LogP) is 4.74. The highest BCUT2D eigenvalue weighted by Crippen LogP contribution is 2.40. The molecule has 3 aromatic rings. The van der Waals surface area contributed by atoms with E-state index in [1.165, 1.54) is 11.4 Å². The monoisotopic (exact) mass is 546 g/mol. The molecule has 1 heterocycles. The van der Waals surface area contributed by atoms with Crippen LogP contribution in [-0.2, 0) is 22.4 Å². The third-order valence-corrected chi connectivity index (χ3v) is 7.79. The first-order valence-electron chi connectivity index (χ1n) is 12.1. The molecule has 0 amide bonds. The number of likely N-dealkylation sites (N-methyl/N-ethyl adjacent to an activating group) is 1. The number of halogens is 2. The van der Waals surface area contributed by atoms with Crippen molar-refractivity contribution in [1.82, 2.24) is 14.3 Å². The van der Waals surface area contributed by atoms with Gasteiger partial charge in [0, 0.05) is 38.5 Å². The minimum Gasteiger partial charge on any atom is -0.495 e. The molecular weight excluding hydrogens is 514 g/mol. The predicted molar refractivity (Wildman–Crippen MR) is 145 cm³/mol. The summed E-state index contributed by atoms with van der Waals surface area (Å²) in [6, 6.07) is 11.7. The topological polar surface area (TPSA) is 108 Å². The van der Waals surface area contributed by atoms with Gasteiger partial charge in [0.15, 0.2) is 0 Å². The molecule has 1 aromatic heterocycles. The average molecular weight is 547 g/mol. The Morgan fingerprint density at radius 2 is 1.95 bits per heavy atom. The van der Waals surface area contributed by atoms with Gasteiger partial charge in [0.25, 0.3) is 5.92 Å². The summed E-state index contributed by atoms with van der Waals surface area (Å²) in [5.74, 6) is -2.61. The molecule has 9 nitrogen and oxygen atoms in total. The SMILES string of the molecule is CCNc1ccc(Nc2ncc(C(C)(F)F)c(NC3Cc4ccccc4C3N(C)S(C)(=O)=O)n2)cc1OC. The molecule has 4 rings (SSSR count). The summed E-state index contributed by atoms with van der Waals surface area (Å²) in [6.45, 7) is 3.46. The second-order valence-electron chi connectivity index (χ2n) is 9.29. The molecule has 0 saturated heterocycles. The summed E-state index contributed by atoms with van der Waals surface area (Å²) in [7, 11) is -0.528. The summed E-state index contributed by atoms with van der Waals surface area (Å²) in [5, 5.41) is 9.37. The average Bonchev–Trinajstić information content (AvgIpc) is 3.21. The Labute approximate surface area is 221 Å². The van der Waals surface area contributed by atoms with E-state index in [0.717, 1.165) is 36.2 Å². The van der Waals surface area contributed by atoms with Gasteiger partial charge in [-0.3, -0.25) is 0 Å². The van der Waals surface area contributed by atoms with E-state index in [9.17, 15) is 17.2 Å². The standard InChI is InChI=1S/C26H32F2N6O3S/c1-6-29-20-12-11-17(14-22(20)37-4)31-25-30-15-19(26(2,27)28)24(33-25)32-21-13-16-9-7-8-10-18(16)23(21)34(3)38(5,35)36/h7-12,14-15,21,23,29H,6,13H2,1-5H3,(H2,30,31,32,33). The number of nitrogens with zero attached hydrogens (tertiary/aromatic N) is 3. The Kier molecular flexibility index (Phi) is 7.75. The normalized spacial score (nSPS) is 17.3. The van der Waals surface area contributed by atoms with Gasteiger partial charge >= 0.3 is 0 Å². The summed E-state index contributed by atoms with van der Waals surface area (Å²) < 4.78 is 60.8. The molecule has 0 saturated carbocycles. The van der Waals surface area contributed by atoms with Crippen LogP contribution in [0, 0.1) is 0 Å². The van der Waals surface area contributed by atoms with Gasteiger partial charge in [0.2, 0.25) is 16.0 Å². The van der Waals surface area contributed by atoms with Crippen LogP contribution in [0.4, 0.5) is 31.9 Å². The van der Waals surface area contributed by atoms with Crippen molar-refractivity contribution in [3.05, 3.63) is 65.4 Å². The van der Waals surface area contributed by atoms with Crippen LogP contribution in [0.25, 0.3) is 0 Å². The molecule has 1 aliphatic carbocycles. The van der Waals surface area contributed by atoms with Gasteiger partial charge in [-0.05, 0) is 36.6 Å². The molecule has 204 valence electrons. The number of methoxy groups -OCH3 is 1. The van der Waals surface area contributed by atoms with E-state index in [0.29, 0.717) is 24.4 Å². The summed E-state index contributed by atoms with van der Waals surface area (Å²) in [5.41, 5.74) is 2.79. The number of hydrogen-bond acceptors (Lipinski definition) is 8. The van der Waals surface area contributed by atoms with Gasteiger partial charge in [0.05, 0.1) is 36.7 Å². The van der Waals surface area contributed by atoms with Gasteiger partial charge in [-0.25, -0.2) is 22.2 Å². The Hall–Kier alpha value is -3.51. The fourth-order valence-corrected chi connectivity index (χ4v) is 5.32. The molecule has 38 heavy (non-hydrogen) atoms. The Morgan fingerprint density at radius 1 is 1.21 bits per heavy atom. The minimum atomic E-state index is -3.57. The van der Waals surface area contributed by atoms with E-state index in [4.69, 9.17) is 4.74 Å². The first-order valence-corrected chi connectivity index (χ1v) is 14.0. The van der Waals surface area contributed by atoms with Gasteiger partial charge < -0.3 is 20.7 Å². The van der Waals surface area contributed by atoms with E-state index >= 15 is 0 Å². The summed E-state index contributed by atoms with van der Waals surface area (Å²) in [6.07, 6.45) is 2.64. The third kappa shape index (κ3) is 5.81. The van der Waals surface area contributed by atoms with Crippen molar-refractivity contribution in [3.63, 3.8) is 0 Å². The lowest BCUT2D eigenvalue weighted by Crippen LogP contribution is -2.39. The number of aromatic nitrogens is 2. The first kappa shape index (κ1) is 27.5. The second kappa shape index (κ2) is 10.7. The maximum atomic E-state index is 14.6. The lowest BCUT2D eigenvalue weighted by Gasteiger charge is -2.30. The third-order valence-electron chi connectivity index (χ3n) is 6.52. The largest absolute Gasteiger partial charge is 0.495 e. The Morgan fingerprint density at radius 3 is 2.61 bits per heavy atom. The molecule has 0 radical (unpaired) electrons. The van der Waals surface area contributed by atoms with Gasteiger partial charge in [-0.2, -0.15) is 9.29 Å². The Balaban J connectivity index is 1.69. The molecule has 0 bridgehead atoms. The molecule has 3 N–H and O–H groups in total. The number of ether oxygens (including phenoxy) is 1. The van der Waals surface area contributed by atoms with Crippen LogP contribution in [0.1, 0.15) is 36.6 Å². The summed E-state index contributed by atoms with van der Waals surface area (Å²) in [4.78, 5) is 8.51. The van der Waals surface area contributed by atoms with Crippen molar-refractivity contribution >= 4 is 33.2 Å². The van der Waals surface area contributed by atoms with Crippen molar-refractivity contribution < 1.29 is 21.9 Å². The molecule has 0 spiro atoms. The lowest BCUT2D eigenvalue weighted by atomic mass is 10.1. The van der Waals surface area contributed by atoms with Crippen LogP contribution in [0.15, 0.2) is 48.7 Å². The van der Waals surface area contributed by atoms with Crippen LogP contribution in [0.5, 0.6) is 5.75 Å². The van der Waals surface area contributed by atoms with Crippen LogP contribution in [0.3, 0.4) is 0 Å². The molecule has 1 aliphatic rings.